The molecule has 0 aliphatic rings. The van der Waals surface area contributed by atoms with Crippen LogP contribution in [0, 0.1) is 0 Å². The Morgan fingerprint density at radius 3 is 2.69 bits per heavy atom. The third-order valence-electron chi connectivity index (χ3n) is 5.79. The Bertz CT molecular complexity index is 1730. The zero-order chi connectivity index (χ0) is 24.1. The van der Waals surface area contributed by atoms with Crippen LogP contribution >= 0.6 is 11.3 Å². The molecule has 0 saturated carbocycles. The Kier molecular flexibility index (Phi) is 4.89. The maximum atomic E-state index is 11.8. The summed E-state index contributed by atoms with van der Waals surface area (Å²) in [6.07, 6.45) is 7.13. The Labute approximate surface area is 203 Å². The van der Waals surface area contributed by atoms with Crippen LogP contribution in [0.4, 0.5) is 5.69 Å². The predicted molar refractivity (Wildman–Crippen MR) is 138 cm³/mol. The van der Waals surface area contributed by atoms with Crippen molar-refractivity contribution in [3.8, 4) is 33.3 Å². The number of fused-ring (bicyclic) bond motifs is 2. The summed E-state index contributed by atoms with van der Waals surface area (Å²) in [6, 6.07) is 9.67. The molecule has 0 aliphatic heterocycles. The number of anilines is 1. The number of aromatic nitrogens is 7. The van der Waals surface area contributed by atoms with Crippen molar-refractivity contribution >= 4 is 44.7 Å². The summed E-state index contributed by atoms with van der Waals surface area (Å²) in [5.74, 6) is 0.663. The minimum Gasteiger partial charge on any atom is -0.376 e. The molecule has 0 atom stereocenters. The molecular formula is C25H20N8OS. The standard InChI is InChI=1S/C25H20N8OS/c1-13(34)20-4-5-21(35-20)24-23-17(6-7-27-24)29-25(30-23)22-16-9-18(28-12-19(16)31-32-22)14-8-15(33(2)3)11-26-10-14/h4-12H,1-3H3,(H,29,30)(H,31,32). The second-order valence-corrected chi connectivity index (χ2v) is 9.46. The number of carbonyl (C=O) groups excluding carboxylic acids is 1. The molecule has 10 heteroatoms. The SMILES string of the molecule is CC(=O)c1ccc(-c2nccc3[nH]c(-c4n[nH]c5cnc(-c6cncc(N(C)C)c6)cc45)nc23)s1. The number of hydrogen-bond acceptors (Lipinski definition) is 8. The molecule has 0 aromatic carbocycles. The molecule has 6 heterocycles. The van der Waals surface area contributed by atoms with Crippen molar-refractivity contribution in [1.29, 1.82) is 0 Å². The summed E-state index contributed by atoms with van der Waals surface area (Å²) in [4.78, 5) is 37.1. The van der Waals surface area contributed by atoms with Crippen molar-refractivity contribution in [2.45, 2.75) is 6.92 Å². The highest BCUT2D eigenvalue weighted by molar-refractivity contribution is 7.17. The number of imidazole rings is 1. The van der Waals surface area contributed by atoms with E-state index in [9.17, 15) is 4.79 Å². The number of aromatic amines is 2. The summed E-state index contributed by atoms with van der Waals surface area (Å²) in [5.41, 5.74) is 6.52. The molecule has 0 saturated heterocycles. The van der Waals surface area contributed by atoms with Gasteiger partial charge in [0, 0.05) is 37.4 Å². The first-order valence-electron chi connectivity index (χ1n) is 10.9. The highest BCUT2D eigenvalue weighted by Gasteiger charge is 2.18. The smallest absolute Gasteiger partial charge is 0.169 e. The van der Waals surface area contributed by atoms with Gasteiger partial charge in [0.05, 0.1) is 44.6 Å². The number of nitrogens with one attached hydrogen (secondary N) is 2. The number of thiophene rings is 1. The summed E-state index contributed by atoms with van der Waals surface area (Å²) in [5, 5.41) is 8.48. The normalized spacial score (nSPS) is 11.4. The van der Waals surface area contributed by atoms with Crippen LogP contribution < -0.4 is 4.90 Å². The van der Waals surface area contributed by atoms with Crippen molar-refractivity contribution in [1.82, 2.24) is 35.1 Å². The van der Waals surface area contributed by atoms with Gasteiger partial charge in [-0.2, -0.15) is 5.10 Å². The summed E-state index contributed by atoms with van der Waals surface area (Å²) in [6.45, 7) is 1.56. The Balaban J connectivity index is 1.46. The zero-order valence-electron chi connectivity index (χ0n) is 19.2. The first kappa shape index (κ1) is 21.1. The van der Waals surface area contributed by atoms with Crippen LogP contribution in [0.3, 0.4) is 0 Å². The molecule has 6 aromatic heterocycles. The fraction of sp³-hybridized carbons (Fsp3) is 0.120. The zero-order valence-corrected chi connectivity index (χ0v) is 20.0. The van der Waals surface area contributed by atoms with Crippen LogP contribution in [-0.4, -0.2) is 55.0 Å². The fourth-order valence-corrected chi connectivity index (χ4v) is 4.85. The van der Waals surface area contributed by atoms with Gasteiger partial charge in [-0.25, -0.2) is 4.98 Å². The first-order valence-corrected chi connectivity index (χ1v) is 11.7. The van der Waals surface area contributed by atoms with Gasteiger partial charge < -0.3 is 9.88 Å². The van der Waals surface area contributed by atoms with E-state index >= 15 is 0 Å². The number of H-pyrrole nitrogens is 2. The van der Waals surface area contributed by atoms with Crippen LogP contribution in [0.5, 0.6) is 0 Å². The molecule has 9 nitrogen and oxygen atoms in total. The van der Waals surface area contributed by atoms with Crippen molar-refractivity contribution in [3.63, 3.8) is 0 Å². The monoisotopic (exact) mass is 480 g/mol. The molecule has 2 N–H and O–H groups in total. The van der Waals surface area contributed by atoms with Gasteiger partial charge in [0.1, 0.15) is 16.9 Å². The van der Waals surface area contributed by atoms with Crippen LogP contribution in [0.25, 0.3) is 55.3 Å². The number of Topliss-reactive ketones (excluding diaryl/α,β-unsaturated/α-hetero) is 1. The van der Waals surface area contributed by atoms with Crippen molar-refractivity contribution in [2.24, 2.45) is 0 Å². The van der Waals surface area contributed by atoms with Gasteiger partial charge in [-0.1, -0.05) is 0 Å². The largest absolute Gasteiger partial charge is 0.376 e. The van der Waals surface area contributed by atoms with Gasteiger partial charge in [0.2, 0.25) is 0 Å². The third kappa shape index (κ3) is 3.64. The molecular weight excluding hydrogens is 460 g/mol. The molecule has 172 valence electrons. The van der Waals surface area contributed by atoms with Crippen LogP contribution in [0.15, 0.2) is 55.1 Å². The molecule has 6 rings (SSSR count). The highest BCUT2D eigenvalue weighted by Crippen LogP contribution is 2.34. The molecule has 0 amide bonds. The van der Waals surface area contributed by atoms with Gasteiger partial charge in [0.25, 0.3) is 0 Å². The van der Waals surface area contributed by atoms with Gasteiger partial charge in [-0.05, 0) is 37.3 Å². The Morgan fingerprint density at radius 2 is 1.89 bits per heavy atom. The van der Waals surface area contributed by atoms with Crippen molar-refractivity contribution in [2.75, 3.05) is 19.0 Å². The lowest BCUT2D eigenvalue weighted by Crippen LogP contribution is -2.08. The lowest BCUT2D eigenvalue weighted by molar-refractivity contribution is 0.102. The number of pyridine rings is 3. The average molecular weight is 481 g/mol. The van der Waals surface area contributed by atoms with E-state index in [0.29, 0.717) is 16.4 Å². The minimum atomic E-state index is 0.0369. The number of rotatable bonds is 5. The topological polar surface area (TPSA) is 116 Å². The Morgan fingerprint density at radius 1 is 1.00 bits per heavy atom. The van der Waals surface area contributed by atoms with E-state index in [1.807, 2.05) is 49.5 Å². The number of hydrogen-bond donors (Lipinski definition) is 2. The molecule has 0 aliphatic carbocycles. The molecule has 0 fully saturated rings. The van der Waals surface area contributed by atoms with Crippen molar-refractivity contribution in [3.05, 3.63) is 60.0 Å². The summed E-state index contributed by atoms with van der Waals surface area (Å²) in [7, 11) is 3.96. The lowest BCUT2D eigenvalue weighted by atomic mass is 10.1. The van der Waals surface area contributed by atoms with Crippen LogP contribution in [-0.2, 0) is 0 Å². The first-order chi connectivity index (χ1) is 17.0. The van der Waals surface area contributed by atoms with Gasteiger partial charge >= 0.3 is 0 Å². The van der Waals surface area contributed by atoms with Crippen LogP contribution in [0.2, 0.25) is 0 Å². The summed E-state index contributed by atoms with van der Waals surface area (Å²) < 4.78 is 0. The van der Waals surface area contributed by atoms with Crippen LogP contribution in [0.1, 0.15) is 16.6 Å². The highest BCUT2D eigenvalue weighted by atomic mass is 32.1. The van der Waals surface area contributed by atoms with E-state index in [1.165, 1.54) is 11.3 Å². The van der Waals surface area contributed by atoms with E-state index in [1.54, 1.807) is 25.5 Å². The summed E-state index contributed by atoms with van der Waals surface area (Å²) >= 11 is 1.42. The minimum absolute atomic E-state index is 0.0369. The van der Waals surface area contributed by atoms with Crippen molar-refractivity contribution < 1.29 is 4.79 Å². The molecule has 0 bridgehead atoms. The maximum Gasteiger partial charge on any atom is 0.169 e. The molecule has 0 radical (unpaired) electrons. The maximum absolute atomic E-state index is 11.8. The van der Waals surface area contributed by atoms with Gasteiger partial charge in [-0.15, -0.1) is 11.3 Å². The quantitative estimate of drug-likeness (QED) is 0.335. The second kappa shape index (κ2) is 8.10. The lowest BCUT2D eigenvalue weighted by Gasteiger charge is -2.12. The molecule has 0 unspecified atom stereocenters. The molecule has 6 aromatic rings. The second-order valence-electron chi connectivity index (χ2n) is 8.37. The van der Waals surface area contributed by atoms with Gasteiger partial charge in [-0.3, -0.25) is 24.8 Å². The third-order valence-corrected chi connectivity index (χ3v) is 6.99. The van der Waals surface area contributed by atoms with E-state index < -0.39 is 0 Å². The average Bonchev–Trinajstić information content (AvgIpc) is 3.61. The number of ketones is 1. The predicted octanol–water partition coefficient (Wildman–Crippen LogP) is 4.96. The number of nitrogens with zero attached hydrogens (tertiary/aromatic N) is 6. The molecule has 0 spiro atoms. The molecule has 35 heavy (non-hydrogen) atoms. The Hall–Kier alpha value is -4.44. The number of carbonyl (C=O) groups is 1. The van der Waals surface area contributed by atoms with E-state index in [2.05, 4.69) is 36.2 Å². The van der Waals surface area contributed by atoms with E-state index in [4.69, 9.17) is 4.98 Å². The fourth-order valence-electron chi connectivity index (χ4n) is 3.95. The van der Waals surface area contributed by atoms with E-state index in [-0.39, 0.29) is 5.78 Å². The van der Waals surface area contributed by atoms with E-state index in [0.717, 1.165) is 49.5 Å². The van der Waals surface area contributed by atoms with Gasteiger partial charge in [0.15, 0.2) is 11.6 Å².